The third kappa shape index (κ3) is 4.51. The van der Waals surface area contributed by atoms with Gasteiger partial charge in [-0.1, -0.05) is 30.7 Å². The van der Waals surface area contributed by atoms with E-state index < -0.39 is 0 Å². The molecule has 0 aliphatic heterocycles. The first-order chi connectivity index (χ1) is 9.67. The number of aromatic nitrogens is 3. The number of benzene rings is 1. The van der Waals surface area contributed by atoms with Crippen LogP contribution in [-0.2, 0) is 6.61 Å². The van der Waals surface area contributed by atoms with Crippen LogP contribution in [-0.4, -0.2) is 21.5 Å². The number of hydrogen-bond donors (Lipinski definition) is 1. The van der Waals surface area contributed by atoms with Crippen LogP contribution in [0.4, 0.5) is 5.95 Å². The molecule has 0 unspecified atom stereocenters. The van der Waals surface area contributed by atoms with Crippen LogP contribution in [0.1, 0.15) is 18.9 Å². The highest BCUT2D eigenvalue weighted by molar-refractivity contribution is 6.30. The Labute approximate surface area is 127 Å². The predicted molar refractivity (Wildman–Crippen MR) is 79.4 cm³/mol. The van der Waals surface area contributed by atoms with Crippen molar-refractivity contribution in [2.75, 3.05) is 11.9 Å². The summed E-state index contributed by atoms with van der Waals surface area (Å²) >= 11 is 11.7. The summed E-state index contributed by atoms with van der Waals surface area (Å²) in [4.78, 5) is 12.0. The quantitative estimate of drug-likeness (QED) is 0.883. The minimum absolute atomic E-state index is 0.102. The van der Waals surface area contributed by atoms with E-state index in [-0.39, 0.29) is 11.3 Å². The fourth-order valence-electron chi connectivity index (χ4n) is 1.44. The molecule has 0 saturated heterocycles. The smallest absolute Gasteiger partial charge is 0.322 e. The van der Waals surface area contributed by atoms with E-state index in [1.165, 1.54) is 0 Å². The molecule has 7 heteroatoms. The van der Waals surface area contributed by atoms with Crippen LogP contribution in [0.15, 0.2) is 24.3 Å². The fourth-order valence-corrected chi connectivity index (χ4v) is 1.72. The van der Waals surface area contributed by atoms with Gasteiger partial charge in [-0.3, -0.25) is 0 Å². The topological polar surface area (TPSA) is 59.9 Å². The number of nitrogens with zero attached hydrogens (tertiary/aromatic N) is 3. The zero-order chi connectivity index (χ0) is 14.4. The van der Waals surface area contributed by atoms with Crippen molar-refractivity contribution in [3.05, 3.63) is 40.1 Å². The largest absolute Gasteiger partial charge is 0.458 e. The van der Waals surface area contributed by atoms with Gasteiger partial charge in [0.05, 0.1) is 0 Å². The van der Waals surface area contributed by atoms with Gasteiger partial charge >= 0.3 is 6.01 Å². The van der Waals surface area contributed by atoms with E-state index in [2.05, 4.69) is 20.3 Å². The lowest BCUT2D eigenvalue weighted by Gasteiger charge is -2.07. The minimum atomic E-state index is 0.102. The van der Waals surface area contributed by atoms with Crippen molar-refractivity contribution in [2.24, 2.45) is 0 Å². The Morgan fingerprint density at radius 2 is 1.85 bits per heavy atom. The molecule has 0 aliphatic rings. The molecule has 0 saturated carbocycles. The van der Waals surface area contributed by atoms with Crippen LogP contribution >= 0.6 is 23.2 Å². The SMILES string of the molecule is CCCNc1nc(Cl)nc(OCc2ccc(Cl)cc2)n1. The number of halogens is 2. The van der Waals surface area contributed by atoms with Gasteiger partial charge in [0.1, 0.15) is 6.61 Å². The first kappa shape index (κ1) is 14.8. The van der Waals surface area contributed by atoms with Crippen molar-refractivity contribution in [2.45, 2.75) is 20.0 Å². The van der Waals surface area contributed by atoms with Crippen LogP contribution in [0, 0.1) is 0 Å². The van der Waals surface area contributed by atoms with Crippen LogP contribution in [0.2, 0.25) is 10.3 Å². The molecule has 5 nitrogen and oxygen atoms in total. The van der Waals surface area contributed by atoms with Crippen LogP contribution in [0.5, 0.6) is 6.01 Å². The third-order valence-corrected chi connectivity index (χ3v) is 2.82. The van der Waals surface area contributed by atoms with Gasteiger partial charge in [0.25, 0.3) is 0 Å². The fraction of sp³-hybridized carbons (Fsp3) is 0.308. The molecule has 2 aromatic rings. The molecule has 0 bridgehead atoms. The number of nitrogens with one attached hydrogen (secondary N) is 1. The molecule has 0 atom stereocenters. The van der Waals surface area contributed by atoms with Gasteiger partial charge in [0, 0.05) is 11.6 Å². The van der Waals surface area contributed by atoms with E-state index in [1.807, 2.05) is 19.1 Å². The average molecular weight is 313 g/mol. The van der Waals surface area contributed by atoms with Gasteiger partial charge in [0.15, 0.2) is 0 Å². The lowest BCUT2D eigenvalue weighted by Crippen LogP contribution is -2.07. The Balaban J connectivity index is 2.01. The van der Waals surface area contributed by atoms with E-state index in [0.29, 0.717) is 17.6 Å². The van der Waals surface area contributed by atoms with Gasteiger partial charge in [0.2, 0.25) is 11.2 Å². The summed E-state index contributed by atoms with van der Waals surface area (Å²) in [7, 11) is 0. The molecule has 106 valence electrons. The summed E-state index contributed by atoms with van der Waals surface area (Å²) in [5, 5.41) is 3.82. The first-order valence-corrected chi connectivity index (χ1v) is 6.95. The molecule has 2 rings (SSSR count). The Morgan fingerprint density at radius 1 is 1.10 bits per heavy atom. The average Bonchev–Trinajstić information content (AvgIpc) is 2.44. The molecule has 0 radical (unpaired) electrons. The molecule has 0 amide bonds. The first-order valence-electron chi connectivity index (χ1n) is 6.20. The highest BCUT2D eigenvalue weighted by atomic mass is 35.5. The van der Waals surface area contributed by atoms with Crippen LogP contribution in [0.25, 0.3) is 0 Å². The van der Waals surface area contributed by atoms with Gasteiger partial charge in [-0.2, -0.15) is 15.0 Å². The Bertz CT molecular complexity index is 563. The van der Waals surface area contributed by atoms with E-state index in [0.717, 1.165) is 18.5 Å². The van der Waals surface area contributed by atoms with Gasteiger partial charge in [-0.25, -0.2) is 0 Å². The molecule has 1 heterocycles. The summed E-state index contributed by atoms with van der Waals surface area (Å²) in [5.74, 6) is 0.415. The Kier molecular flexibility index (Phi) is 5.38. The minimum Gasteiger partial charge on any atom is -0.458 e. The maximum atomic E-state index is 5.83. The van der Waals surface area contributed by atoms with Crippen molar-refractivity contribution < 1.29 is 4.74 Å². The standard InChI is InChI=1S/C13H14Cl2N4O/c1-2-7-16-12-17-11(15)18-13(19-12)20-8-9-3-5-10(14)6-4-9/h3-6H,2,7-8H2,1H3,(H,16,17,18,19). The number of anilines is 1. The summed E-state index contributed by atoms with van der Waals surface area (Å²) in [6, 6.07) is 7.55. The molecular weight excluding hydrogens is 299 g/mol. The lowest BCUT2D eigenvalue weighted by atomic mass is 10.2. The summed E-state index contributed by atoms with van der Waals surface area (Å²) in [6.45, 7) is 3.15. The maximum Gasteiger partial charge on any atom is 0.322 e. The molecule has 1 N–H and O–H groups in total. The molecule has 0 spiro atoms. The second-order valence-electron chi connectivity index (χ2n) is 4.05. The highest BCUT2D eigenvalue weighted by Gasteiger charge is 2.06. The zero-order valence-electron chi connectivity index (χ0n) is 10.9. The van der Waals surface area contributed by atoms with Gasteiger partial charge in [-0.05, 0) is 35.7 Å². The normalized spacial score (nSPS) is 10.3. The summed E-state index contributed by atoms with van der Waals surface area (Å²) in [5.41, 5.74) is 0.967. The predicted octanol–water partition coefficient (Wildman–Crippen LogP) is 3.58. The van der Waals surface area contributed by atoms with Crippen molar-refractivity contribution in [1.82, 2.24) is 15.0 Å². The third-order valence-electron chi connectivity index (χ3n) is 2.40. The molecule has 20 heavy (non-hydrogen) atoms. The number of hydrogen-bond acceptors (Lipinski definition) is 5. The maximum absolute atomic E-state index is 5.83. The molecule has 0 fully saturated rings. The number of rotatable bonds is 6. The molecule has 1 aromatic heterocycles. The molecule has 1 aromatic carbocycles. The van der Waals surface area contributed by atoms with Crippen LogP contribution < -0.4 is 10.1 Å². The van der Waals surface area contributed by atoms with E-state index in [9.17, 15) is 0 Å². The lowest BCUT2D eigenvalue weighted by molar-refractivity contribution is 0.280. The highest BCUT2D eigenvalue weighted by Crippen LogP contribution is 2.14. The van der Waals surface area contributed by atoms with Crippen LogP contribution in [0.3, 0.4) is 0 Å². The Morgan fingerprint density at radius 3 is 2.55 bits per heavy atom. The van der Waals surface area contributed by atoms with Crippen molar-refractivity contribution >= 4 is 29.2 Å². The summed E-state index contributed by atoms with van der Waals surface area (Å²) < 4.78 is 5.50. The second kappa shape index (κ2) is 7.26. The van der Waals surface area contributed by atoms with Gasteiger partial charge in [-0.15, -0.1) is 0 Å². The van der Waals surface area contributed by atoms with Gasteiger partial charge < -0.3 is 10.1 Å². The molecular formula is C13H14Cl2N4O. The summed E-state index contributed by atoms with van der Waals surface area (Å²) in [6.07, 6.45) is 0.963. The Hall–Kier alpha value is -1.59. The van der Waals surface area contributed by atoms with E-state index in [1.54, 1.807) is 12.1 Å². The zero-order valence-corrected chi connectivity index (χ0v) is 12.4. The number of ether oxygens (including phenoxy) is 1. The molecule has 0 aliphatic carbocycles. The van der Waals surface area contributed by atoms with E-state index in [4.69, 9.17) is 27.9 Å². The monoisotopic (exact) mass is 312 g/mol. The van der Waals surface area contributed by atoms with E-state index >= 15 is 0 Å². The van der Waals surface area contributed by atoms with Crippen molar-refractivity contribution in [3.8, 4) is 6.01 Å². The van der Waals surface area contributed by atoms with Crippen molar-refractivity contribution in [1.29, 1.82) is 0 Å². The van der Waals surface area contributed by atoms with Crippen molar-refractivity contribution in [3.63, 3.8) is 0 Å². The second-order valence-corrected chi connectivity index (χ2v) is 4.83.